The summed E-state index contributed by atoms with van der Waals surface area (Å²) in [5.74, 6) is 0. The van der Waals surface area contributed by atoms with Crippen molar-refractivity contribution < 1.29 is 8.42 Å². The number of rotatable bonds is 5. The maximum Gasteiger partial charge on any atom is 0.207 e. The quantitative estimate of drug-likeness (QED) is 0.383. The third-order valence-corrected chi connectivity index (χ3v) is 6.58. The van der Waals surface area contributed by atoms with Crippen LogP contribution < -0.4 is 0 Å². The molecular weight excluding hydrogens is 376 g/mol. The molecule has 0 radical (unpaired) electrons. The maximum absolute atomic E-state index is 13.9. The molecule has 4 aromatic carbocycles. The number of hydrogen-bond acceptors (Lipinski definition) is 2. The number of sulfone groups is 1. The highest BCUT2D eigenvalue weighted by Gasteiger charge is 2.27. The van der Waals surface area contributed by atoms with E-state index < -0.39 is 9.84 Å². The van der Waals surface area contributed by atoms with Gasteiger partial charge in [0.1, 0.15) is 0 Å². The molecule has 0 aliphatic carbocycles. The summed E-state index contributed by atoms with van der Waals surface area (Å²) in [6.45, 7) is 0. The first kappa shape index (κ1) is 18.9. The molecular formula is C26H20O2S. The average molecular weight is 397 g/mol. The Bertz CT molecular complexity index is 1170. The molecule has 4 aromatic rings. The molecule has 0 amide bonds. The van der Waals surface area contributed by atoms with Gasteiger partial charge >= 0.3 is 0 Å². The van der Waals surface area contributed by atoms with Gasteiger partial charge in [0, 0.05) is 5.57 Å². The summed E-state index contributed by atoms with van der Waals surface area (Å²) in [5, 5.41) is 0. The van der Waals surface area contributed by atoms with Gasteiger partial charge in [-0.05, 0) is 28.8 Å². The Hall–Kier alpha value is -3.43. The van der Waals surface area contributed by atoms with E-state index in [1.165, 1.54) is 0 Å². The minimum Gasteiger partial charge on any atom is -0.218 e. The smallest absolute Gasteiger partial charge is 0.207 e. The maximum atomic E-state index is 13.9. The van der Waals surface area contributed by atoms with Crippen LogP contribution in [0.2, 0.25) is 0 Å². The summed E-state index contributed by atoms with van der Waals surface area (Å²) in [5.41, 5.74) is 3.08. The zero-order valence-electron chi connectivity index (χ0n) is 15.8. The second kappa shape index (κ2) is 8.29. The lowest BCUT2D eigenvalue weighted by molar-refractivity contribution is 0.606. The summed E-state index contributed by atoms with van der Waals surface area (Å²) in [6.07, 6.45) is 0. The summed E-state index contributed by atoms with van der Waals surface area (Å²) >= 11 is 0. The summed E-state index contributed by atoms with van der Waals surface area (Å²) < 4.78 is 27.7. The highest BCUT2D eigenvalue weighted by atomic mass is 32.2. The molecule has 0 bridgehead atoms. The standard InChI is InChI=1S/C26H20O2S/c27-29(28,24-19-11-4-12-20-24)26(23-17-9-3-10-18-23)25(21-13-5-1-6-14-21)22-15-7-2-8-16-22/h1-20H. The Morgan fingerprint density at radius 2 is 0.793 bits per heavy atom. The largest absolute Gasteiger partial charge is 0.218 e. The molecule has 4 rings (SSSR count). The minimum absolute atomic E-state index is 0.281. The molecule has 0 heterocycles. The van der Waals surface area contributed by atoms with Crippen LogP contribution in [0.15, 0.2) is 126 Å². The highest BCUT2D eigenvalue weighted by molar-refractivity contribution is 8.01. The second-order valence-corrected chi connectivity index (χ2v) is 8.51. The van der Waals surface area contributed by atoms with Crippen LogP contribution in [0.25, 0.3) is 10.5 Å². The fourth-order valence-corrected chi connectivity index (χ4v) is 5.08. The van der Waals surface area contributed by atoms with E-state index in [0.717, 1.165) is 11.1 Å². The predicted molar refractivity (Wildman–Crippen MR) is 119 cm³/mol. The molecule has 0 aromatic heterocycles. The van der Waals surface area contributed by atoms with Crippen LogP contribution in [0.3, 0.4) is 0 Å². The molecule has 0 atom stereocenters. The van der Waals surface area contributed by atoms with Crippen LogP contribution >= 0.6 is 0 Å². The van der Waals surface area contributed by atoms with E-state index >= 15 is 0 Å². The number of hydrogen-bond donors (Lipinski definition) is 0. The van der Waals surface area contributed by atoms with Gasteiger partial charge in [-0.3, -0.25) is 0 Å². The van der Waals surface area contributed by atoms with E-state index in [4.69, 9.17) is 0 Å². The molecule has 2 nitrogen and oxygen atoms in total. The van der Waals surface area contributed by atoms with E-state index in [9.17, 15) is 8.42 Å². The van der Waals surface area contributed by atoms with E-state index in [-0.39, 0.29) is 4.90 Å². The molecule has 3 heteroatoms. The van der Waals surface area contributed by atoms with E-state index in [1.807, 2.05) is 97.1 Å². The normalized spacial score (nSPS) is 11.0. The summed E-state index contributed by atoms with van der Waals surface area (Å²) in [4.78, 5) is 0.588. The van der Waals surface area contributed by atoms with Gasteiger partial charge in [-0.2, -0.15) is 0 Å². The fourth-order valence-electron chi connectivity index (χ4n) is 3.38. The van der Waals surface area contributed by atoms with E-state index in [1.54, 1.807) is 24.3 Å². The first-order valence-electron chi connectivity index (χ1n) is 9.38. The lowest BCUT2D eigenvalue weighted by Gasteiger charge is -2.18. The molecule has 0 N–H and O–H groups in total. The Morgan fingerprint density at radius 3 is 1.21 bits per heavy atom. The molecule has 29 heavy (non-hydrogen) atoms. The Morgan fingerprint density at radius 1 is 0.448 bits per heavy atom. The van der Waals surface area contributed by atoms with Gasteiger partial charge in [0.2, 0.25) is 9.84 Å². The molecule has 0 aliphatic heterocycles. The van der Waals surface area contributed by atoms with Crippen molar-refractivity contribution in [2.24, 2.45) is 0 Å². The fraction of sp³-hybridized carbons (Fsp3) is 0. The molecule has 0 fully saturated rings. The topological polar surface area (TPSA) is 34.1 Å². The molecule has 0 aliphatic rings. The Kier molecular flexibility index (Phi) is 5.41. The van der Waals surface area contributed by atoms with Crippen LogP contribution in [0.1, 0.15) is 16.7 Å². The zero-order chi connectivity index (χ0) is 20.1. The minimum atomic E-state index is -3.77. The zero-order valence-corrected chi connectivity index (χ0v) is 16.6. The lowest BCUT2D eigenvalue weighted by atomic mass is 9.95. The van der Waals surface area contributed by atoms with Crippen molar-refractivity contribution in [1.82, 2.24) is 0 Å². The predicted octanol–water partition coefficient (Wildman–Crippen LogP) is 6.08. The van der Waals surface area contributed by atoms with Gasteiger partial charge in [-0.1, -0.05) is 109 Å². The van der Waals surface area contributed by atoms with Crippen LogP contribution in [0.4, 0.5) is 0 Å². The Balaban J connectivity index is 2.13. The molecule has 142 valence electrons. The van der Waals surface area contributed by atoms with E-state index in [0.29, 0.717) is 16.0 Å². The van der Waals surface area contributed by atoms with Gasteiger partial charge in [-0.25, -0.2) is 8.42 Å². The molecule has 0 saturated carbocycles. The van der Waals surface area contributed by atoms with Crippen molar-refractivity contribution in [2.75, 3.05) is 0 Å². The van der Waals surface area contributed by atoms with Crippen molar-refractivity contribution >= 4 is 20.3 Å². The molecule has 0 spiro atoms. The summed E-state index contributed by atoms with van der Waals surface area (Å²) in [7, 11) is -3.77. The van der Waals surface area contributed by atoms with Crippen LogP contribution in [-0.4, -0.2) is 8.42 Å². The van der Waals surface area contributed by atoms with Gasteiger partial charge in [0.05, 0.1) is 9.80 Å². The molecule has 0 unspecified atom stereocenters. The van der Waals surface area contributed by atoms with Gasteiger partial charge in [0.25, 0.3) is 0 Å². The van der Waals surface area contributed by atoms with Crippen molar-refractivity contribution in [2.45, 2.75) is 4.90 Å². The second-order valence-electron chi connectivity index (χ2n) is 6.62. The van der Waals surface area contributed by atoms with Crippen LogP contribution in [0, 0.1) is 0 Å². The van der Waals surface area contributed by atoms with Crippen molar-refractivity contribution in [1.29, 1.82) is 0 Å². The average Bonchev–Trinajstić information content (AvgIpc) is 2.79. The van der Waals surface area contributed by atoms with Crippen molar-refractivity contribution in [3.8, 4) is 0 Å². The first-order valence-corrected chi connectivity index (χ1v) is 10.9. The third-order valence-electron chi connectivity index (χ3n) is 4.71. The third kappa shape index (κ3) is 3.91. The van der Waals surface area contributed by atoms with Gasteiger partial charge in [0.15, 0.2) is 0 Å². The highest BCUT2D eigenvalue weighted by Crippen LogP contribution is 2.38. The van der Waals surface area contributed by atoms with Crippen molar-refractivity contribution in [3.05, 3.63) is 138 Å². The SMILES string of the molecule is O=S(=O)(C(=C(c1ccccc1)c1ccccc1)c1ccccc1)c1ccccc1. The lowest BCUT2D eigenvalue weighted by Crippen LogP contribution is -2.08. The first-order chi connectivity index (χ1) is 14.2. The molecule has 0 saturated heterocycles. The Labute approximate surface area is 171 Å². The van der Waals surface area contributed by atoms with Gasteiger partial charge in [-0.15, -0.1) is 0 Å². The van der Waals surface area contributed by atoms with E-state index in [2.05, 4.69) is 0 Å². The van der Waals surface area contributed by atoms with Crippen LogP contribution in [0.5, 0.6) is 0 Å². The monoisotopic (exact) mass is 396 g/mol. The number of benzene rings is 4. The van der Waals surface area contributed by atoms with Crippen LogP contribution in [-0.2, 0) is 9.84 Å². The van der Waals surface area contributed by atoms with Crippen molar-refractivity contribution in [3.63, 3.8) is 0 Å². The summed E-state index contributed by atoms with van der Waals surface area (Å²) in [6, 6.07) is 37.3. The van der Waals surface area contributed by atoms with Gasteiger partial charge < -0.3 is 0 Å².